The summed E-state index contributed by atoms with van der Waals surface area (Å²) >= 11 is 0. The number of methoxy groups -OCH3 is 1. The summed E-state index contributed by atoms with van der Waals surface area (Å²) in [5, 5.41) is 13.2. The molecule has 0 aliphatic carbocycles. The van der Waals surface area contributed by atoms with E-state index in [9.17, 15) is 24.5 Å². The van der Waals surface area contributed by atoms with Gasteiger partial charge in [0.2, 0.25) is 0 Å². The van der Waals surface area contributed by atoms with Crippen LogP contribution in [-0.2, 0) is 14.3 Å². The topological polar surface area (TPSA) is 125 Å². The summed E-state index contributed by atoms with van der Waals surface area (Å²) in [5.74, 6) is -2.18. The molecule has 1 amide bonds. The maximum absolute atomic E-state index is 12.1. The van der Waals surface area contributed by atoms with E-state index < -0.39 is 29.4 Å². The lowest BCUT2D eigenvalue weighted by atomic mass is 10.1. The van der Waals surface area contributed by atoms with Gasteiger partial charge >= 0.3 is 11.9 Å². The lowest BCUT2D eigenvalue weighted by Crippen LogP contribution is -2.22. The van der Waals surface area contributed by atoms with E-state index in [-0.39, 0.29) is 16.8 Å². The van der Waals surface area contributed by atoms with E-state index >= 15 is 0 Å². The van der Waals surface area contributed by atoms with E-state index in [0.717, 1.165) is 0 Å². The molecule has 0 atom stereocenters. The summed E-state index contributed by atoms with van der Waals surface area (Å²) in [7, 11) is 1.18. The highest BCUT2D eigenvalue weighted by molar-refractivity contribution is 6.04. The minimum Gasteiger partial charge on any atom is -0.465 e. The number of ether oxygens (including phenoxy) is 2. The zero-order valence-corrected chi connectivity index (χ0v) is 14.6. The first kappa shape index (κ1) is 19.6. The number of aryl methyl sites for hydroxylation is 1. The molecule has 2 aromatic carbocycles. The molecule has 140 valence electrons. The number of rotatable bonds is 6. The second kappa shape index (κ2) is 8.56. The second-order valence-electron chi connectivity index (χ2n) is 5.42. The maximum Gasteiger partial charge on any atom is 0.339 e. The molecule has 1 N–H and O–H groups in total. The number of carbonyl (C=O) groups is 3. The van der Waals surface area contributed by atoms with Gasteiger partial charge in [0.15, 0.2) is 6.61 Å². The van der Waals surface area contributed by atoms with Crippen molar-refractivity contribution in [3.63, 3.8) is 0 Å². The molecule has 9 heteroatoms. The van der Waals surface area contributed by atoms with Crippen LogP contribution in [0.15, 0.2) is 42.5 Å². The first-order chi connectivity index (χ1) is 12.8. The van der Waals surface area contributed by atoms with Crippen molar-refractivity contribution in [1.82, 2.24) is 0 Å². The quantitative estimate of drug-likeness (QED) is 0.469. The lowest BCUT2D eigenvalue weighted by Gasteiger charge is -2.10. The first-order valence-electron chi connectivity index (χ1n) is 7.73. The van der Waals surface area contributed by atoms with Crippen molar-refractivity contribution in [2.45, 2.75) is 6.92 Å². The summed E-state index contributed by atoms with van der Waals surface area (Å²) in [6, 6.07) is 9.85. The fourth-order valence-electron chi connectivity index (χ4n) is 2.25. The van der Waals surface area contributed by atoms with Crippen LogP contribution in [0.5, 0.6) is 0 Å². The Morgan fingerprint density at radius 1 is 1.07 bits per heavy atom. The Morgan fingerprint density at radius 3 is 2.26 bits per heavy atom. The molecule has 2 aromatic rings. The average molecular weight is 372 g/mol. The van der Waals surface area contributed by atoms with E-state index in [0.29, 0.717) is 11.3 Å². The summed E-state index contributed by atoms with van der Waals surface area (Å²) in [6.07, 6.45) is 0. The van der Waals surface area contributed by atoms with Gasteiger partial charge in [-0.1, -0.05) is 12.1 Å². The molecule has 0 aromatic heterocycles. The minimum absolute atomic E-state index is 0.0244. The molecular formula is C18H16N2O7. The number of nitrogens with zero attached hydrogens (tertiary/aromatic N) is 1. The average Bonchev–Trinajstić information content (AvgIpc) is 2.66. The monoisotopic (exact) mass is 372 g/mol. The van der Waals surface area contributed by atoms with Crippen LogP contribution >= 0.6 is 0 Å². The predicted octanol–water partition coefficient (Wildman–Crippen LogP) is 2.49. The first-order valence-corrected chi connectivity index (χ1v) is 7.73. The van der Waals surface area contributed by atoms with E-state index in [4.69, 9.17) is 4.74 Å². The number of hydrogen-bond acceptors (Lipinski definition) is 7. The van der Waals surface area contributed by atoms with E-state index in [1.807, 2.05) is 0 Å². The molecule has 0 heterocycles. The number of anilines is 1. The van der Waals surface area contributed by atoms with Crippen LogP contribution in [-0.4, -0.2) is 36.5 Å². The summed E-state index contributed by atoms with van der Waals surface area (Å²) in [5.41, 5.74) is 0.744. The Morgan fingerprint density at radius 2 is 1.70 bits per heavy atom. The molecule has 0 unspecified atom stereocenters. The predicted molar refractivity (Wildman–Crippen MR) is 94.5 cm³/mol. The van der Waals surface area contributed by atoms with E-state index in [1.54, 1.807) is 19.1 Å². The van der Waals surface area contributed by atoms with Crippen molar-refractivity contribution in [1.29, 1.82) is 0 Å². The van der Waals surface area contributed by atoms with E-state index in [2.05, 4.69) is 10.1 Å². The molecule has 2 rings (SSSR count). The number of non-ortho nitro benzene ring substituents is 1. The van der Waals surface area contributed by atoms with Gasteiger partial charge in [-0.2, -0.15) is 0 Å². The second-order valence-corrected chi connectivity index (χ2v) is 5.42. The van der Waals surface area contributed by atoms with Crippen molar-refractivity contribution in [2.75, 3.05) is 19.0 Å². The molecule has 0 saturated carbocycles. The van der Waals surface area contributed by atoms with Crippen molar-refractivity contribution >= 4 is 29.2 Å². The van der Waals surface area contributed by atoms with Crippen LogP contribution < -0.4 is 5.32 Å². The summed E-state index contributed by atoms with van der Waals surface area (Å²) in [6.45, 7) is 1.01. The van der Waals surface area contributed by atoms with Gasteiger partial charge in [0.25, 0.3) is 11.6 Å². The van der Waals surface area contributed by atoms with Gasteiger partial charge in [-0.25, -0.2) is 9.59 Å². The van der Waals surface area contributed by atoms with Crippen LogP contribution in [0.4, 0.5) is 11.4 Å². The third kappa shape index (κ3) is 4.88. The third-order valence-corrected chi connectivity index (χ3v) is 3.58. The number of hydrogen-bond donors (Lipinski definition) is 1. The third-order valence-electron chi connectivity index (χ3n) is 3.58. The van der Waals surface area contributed by atoms with Crippen molar-refractivity contribution in [3.05, 3.63) is 69.3 Å². The Labute approximate surface area is 154 Å². The Kier molecular flexibility index (Phi) is 6.21. The van der Waals surface area contributed by atoms with Crippen LogP contribution in [0.1, 0.15) is 26.3 Å². The molecule has 0 radical (unpaired) electrons. The smallest absolute Gasteiger partial charge is 0.339 e. The SMILES string of the molecule is COC(=O)c1ccccc1C(=O)OCC(=O)Nc1ccc([N+](=O)[O-])cc1C. The summed E-state index contributed by atoms with van der Waals surface area (Å²) < 4.78 is 9.53. The summed E-state index contributed by atoms with van der Waals surface area (Å²) in [4.78, 5) is 46.0. The molecule has 0 spiro atoms. The number of esters is 2. The van der Waals surface area contributed by atoms with Gasteiger partial charge in [-0.3, -0.25) is 14.9 Å². The van der Waals surface area contributed by atoms with Gasteiger partial charge in [0, 0.05) is 17.8 Å². The van der Waals surface area contributed by atoms with E-state index in [1.165, 1.54) is 37.4 Å². The number of nitrogens with one attached hydrogen (secondary N) is 1. The molecule has 0 bridgehead atoms. The molecule has 0 fully saturated rings. The minimum atomic E-state index is -0.855. The normalized spacial score (nSPS) is 10.0. The van der Waals surface area contributed by atoms with Gasteiger partial charge in [0.1, 0.15) is 0 Å². The fraction of sp³-hybridized carbons (Fsp3) is 0.167. The number of nitro benzene ring substituents is 1. The van der Waals surface area contributed by atoms with Crippen LogP contribution in [0.3, 0.4) is 0 Å². The number of amides is 1. The van der Waals surface area contributed by atoms with Gasteiger partial charge in [-0.15, -0.1) is 0 Å². The standard InChI is InChI=1S/C18H16N2O7/c1-11-9-12(20(24)25)7-8-15(11)19-16(21)10-27-18(23)14-6-4-3-5-13(14)17(22)26-2/h3-9H,10H2,1-2H3,(H,19,21). The zero-order valence-electron chi connectivity index (χ0n) is 14.6. The van der Waals surface area contributed by atoms with Crippen LogP contribution in [0.25, 0.3) is 0 Å². The van der Waals surface area contributed by atoms with Gasteiger partial charge in [0.05, 0.1) is 23.2 Å². The Balaban J connectivity index is 2.01. The van der Waals surface area contributed by atoms with Crippen LogP contribution in [0.2, 0.25) is 0 Å². The Bertz CT molecular complexity index is 908. The number of nitro groups is 1. The molecule has 27 heavy (non-hydrogen) atoms. The highest BCUT2D eigenvalue weighted by Crippen LogP contribution is 2.21. The zero-order chi connectivity index (χ0) is 20.0. The molecule has 0 saturated heterocycles. The van der Waals surface area contributed by atoms with Crippen molar-refractivity contribution < 1.29 is 28.8 Å². The lowest BCUT2D eigenvalue weighted by molar-refractivity contribution is -0.384. The fourth-order valence-corrected chi connectivity index (χ4v) is 2.25. The number of carbonyl (C=O) groups excluding carboxylic acids is 3. The molecule has 0 aliphatic rings. The van der Waals surface area contributed by atoms with Crippen LogP contribution in [0, 0.1) is 17.0 Å². The maximum atomic E-state index is 12.1. The number of benzene rings is 2. The van der Waals surface area contributed by atoms with Crippen molar-refractivity contribution in [2.24, 2.45) is 0 Å². The van der Waals surface area contributed by atoms with Gasteiger partial charge < -0.3 is 14.8 Å². The highest BCUT2D eigenvalue weighted by Gasteiger charge is 2.19. The van der Waals surface area contributed by atoms with Gasteiger partial charge in [-0.05, 0) is 30.7 Å². The Hall–Kier alpha value is -3.75. The van der Waals surface area contributed by atoms with Crippen molar-refractivity contribution in [3.8, 4) is 0 Å². The molecular weight excluding hydrogens is 356 g/mol. The highest BCUT2D eigenvalue weighted by atomic mass is 16.6. The molecule has 9 nitrogen and oxygen atoms in total. The molecule has 0 aliphatic heterocycles. The largest absolute Gasteiger partial charge is 0.465 e.